The summed E-state index contributed by atoms with van der Waals surface area (Å²) in [5.41, 5.74) is 1.02. The molecule has 1 N–H and O–H groups in total. The number of nitrogens with zero attached hydrogens (tertiary/aromatic N) is 3. The van der Waals surface area contributed by atoms with E-state index in [2.05, 4.69) is 10.3 Å². The van der Waals surface area contributed by atoms with Gasteiger partial charge < -0.3 is 5.32 Å². The molecule has 2 heterocycles. The molecule has 1 fully saturated rings. The fourth-order valence-electron chi connectivity index (χ4n) is 2.64. The van der Waals surface area contributed by atoms with Gasteiger partial charge in [-0.1, -0.05) is 23.7 Å². The van der Waals surface area contributed by atoms with Crippen molar-refractivity contribution < 1.29 is 19.3 Å². The van der Waals surface area contributed by atoms with Gasteiger partial charge in [-0.15, -0.1) is 0 Å². The number of rotatable bonds is 6. The summed E-state index contributed by atoms with van der Waals surface area (Å²) < 4.78 is 0. The highest BCUT2D eigenvalue weighted by molar-refractivity contribution is 8.18. The maximum Gasteiger partial charge on any atom is 0.293 e. The van der Waals surface area contributed by atoms with E-state index in [1.807, 2.05) is 0 Å². The molecular formula is C19H15ClN4O5S. The van der Waals surface area contributed by atoms with Gasteiger partial charge in [-0.2, -0.15) is 0 Å². The first-order chi connectivity index (χ1) is 14.3. The lowest BCUT2D eigenvalue weighted by Crippen LogP contribution is -2.37. The minimum atomic E-state index is -0.628. The van der Waals surface area contributed by atoms with Gasteiger partial charge in [0.25, 0.3) is 22.7 Å². The Hall–Kier alpha value is -3.24. The Labute approximate surface area is 180 Å². The molecule has 0 bridgehead atoms. The van der Waals surface area contributed by atoms with Crippen LogP contribution in [-0.2, 0) is 4.79 Å². The number of hydrogen-bond donors (Lipinski definition) is 1. The molecule has 0 atom stereocenters. The van der Waals surface area contributed by atoms with Crippen LogP contribution in [0.1, 0.15) is 21.7 Å². The molecule has 1 aromatic carbocycles. The lowest BCUT2D eigenvalue weighted by molar-refractivity contribution is -0.384. The number of aromatic nitrogens is 1. The van der Waals surface area contributed by atoms with Crippen molar-refractivity contribution in [3.05, 3.63) is 73.4 Å². The number of carbonyl (C=O) groups is 3. The third kappa shape index (κ3) is 4.84. The Morgan fingerprint density at radius 2 is 2.10 bits per heavy atom. The van der Waals surface area contributed by atoms with Gasteiger partial charge >= 0.3 is 0 Å². The summed E-state index contributed by atoms with van der Waals surface area (Å²) in [6.07, 6.45) is 1.39. The van der Waals surface area contributed by atoms with Crippen molar-refractivity contribution in [2.45, 2.75) is 6.92 Å². The summed E-state index contributed by atoms with van der Waals surface area (Å²) in [5, 5.41) is 13.1. The van der Waals surface area contributed by atoms with Crippen LogP contribution in [0, 0.1) is 17.0 Å². The maximum atomic E-state index is 12.5. The Bertz CT molecular complexity index is 1090. The number of benzene rings is 1. The van der Waals surface area contributed by atoms with Crippen molar-refractivity contribution in [3.8, 4) is 0 Å². The zero-order chi connectivity index (χ0) is 21.8. The van der Waals surface area contributed by atoms with Crippen LogP contribution in [0.25, 0.3) is 6.08 Å². The van der Waals surface area contributed by atoms with Gasteiger partial charge in [-0.25, -0.2) is 4.98 Å². The van der Waals surface area contributed by atoms with Crippen LogP contribution in [0.3, 0.4) is 0 Å². The molecule has 2 aromatic rings. The summed E-state index contributed by atoms with van der Waals surface area (Å²) in [7, 11) is 0. The molecule has 9 nitrogen and oxygen atoms in total. The minimum absolute atomic E-state index is 0.0136. The predicted molar refractivity (Wildman–Crippen MR) is 112 cm³/mol. The molecular weight excluding hydrogens is 432 g/mol. The molecule has 3 rings (SSSR count). The van der Waals surface area contributed by atoms with E-state index < -0.39 is 22.0 Å². The van der Waals surface area contributed by atoms with E-state index in [0.717, 1.165) is 16.7 Å². The molecule has 154 valence electrons. The number of halogens is 1. The van der Waals surface area contributed by atoms with E-state index in [0.29, 0.717) is 11.3 Å². The first-order valence-corrected chi connectivity index (χ1v) is 9.87. The largest absolute Gasteiger partial charge is 0.349 e. The summed E-state index contributed by atoms with van der Waals surface area (Å²) in [5.74, 6) is -0.944. The van der Waals surface area contributed by atoms with Crippen LogP contribution in [0.15, 0.2) is 41.3 Å². The second-order valence-corrected chi connectivity index (χ2v) is 7.62. The molecule has 0 saturated carbocycles. The molecule has 3 amide bonds. The number of nitro groups is 1. The molecule has 0 spiro atoms. The number of nitro benzene ring substituents is 1. The van der Waals surface area contributed by atoms with E-state index in [1.54, 1.807) is 25.1 Å². The van der Waals surface area contributed by atoms with E-state index >= 15 is 0 Å². The van der Waals surface area contributed by atoms with Crippen LogP contribution >= 0.6 is 23.4 Å². The Kier molecular flexibility index (Phi) is 6.48. The Morgan fingerprint density at radius 1 is 1.33 bits per heavy atom. The summed E-state index contributed by atoms with van der Waals surface area (Å²) in [4.78, 5) is 52.4. The van der Waals surface area contributed by atoms with Crippen molar-refractivity contribution in [1.82, 2.24) is 15.2 Å². The van der Waals surface area contributed by atoms with Crippen molar-refractivity contribution >= 4 is 52.2 Å². The SMILES string of the molecule is Cc1cccc(C(=O)NCCN2C(=O)S/C(=C\c3ccc(Cl)c([N+](=O)[O-])c3)C2=O)n1. The number of nitrogens with one attached hydrogen (secondary N) is 1. The van der Waals surface area contributed by atoms with Gasteiger partial charge in [0.2, 0.25) is 0 Å². The van der Waals surface area contributed by atoms with Crippen LogP contribution in [0.2, 0.25) is 5.02 Å². The second-order valence-electron chi connectivity index (χ2n) is 6.22. The fraction of sp³-hybridized carbons (Fsp3) is 0.158. The normalized spacial score (nSPS) is 15.0. The lowest BCUT2D eigenvalue weighted by Gasteiger charge is -2.12. The van der Waals surface area contributed by atoms with Gasteiger partial charge in [0.05, 0.1) is 9.83 Å². The molecule has 1 aliphatic heterocycles. The number of imide groups is 1. The monoisotopic (exact) mass is 446 g/mol. The predicted octanol–water partition coefficient (Wildman–Crippen LogP) is 3.42. The van der Waals surface area contributed by atoms with Crippen molar-refractivity contribution in [3.63, 3.8) is 0 Å². The third-order valence-electron chi connectivity index (χ3n) is 4.08. The summed E-state index contributed by atoms with van der Waals surface area (Å²) in [6.45, 7) is 1.81. The minimum Gasteiger partial charge on any atom is -0.349 e. The third-order valence-corrected chi connectivity index (χ3v) is 5.31. The first-order valence-electron chi connectivity index (χ1n) is 8.67. The van der Waals surface area contributed by atoms with Gasteiger partial charge in [-0.3, -0.25) is 29.4 Å². The number of pyridine rings is 1. The standard InChI is InChI=1S/C19H15ClN4O5S/c1-11-3-2-4-14(22-11)17(25)21-7-8-23-18(26)16(30-19(23)27)10-12-5-6-13(20)15(9-12)24(28)29/h2-6,9-10H,7-8H2,1H3,(H,21,25)/b16-10-. The summed E-state index contributed by atoms with van der Waals surface area (Å²) in [6, 6.07) is 9.13. The average molecular weight is 447 g/mol. The van der Waals surface area contributed by atoms with E-state index in [1.165, 1.54) is 24.3 Å². The summed E-state index contributed by atoms with van der Waals surface area (Å²) >= 11 is 6.51. The molecule has 1 aromatic heterocycles. The molecule has 1 aliphatic rings. The number of amides is 3. The van der Waals surface area contributed by atoms with Crippen LogP contribution < -0.4 is 5.32 Å². The van der Waals surface area contributed by atoms with Gasteiger partial charge in [0, 0.05) is 24.8 Å². The molecule has 1 saturated heterocycles. The molecule has 30 heavy (non-hydrogen) atoms. The van der Waals surface area contributed by atoms with Gasteiger partial charge in [0.1, 0.15) is 10.7 Å². The average Bonchev–Trinajstić information content (AvgIpc) is 2.96. The molecule has 0 radical (unpaired) electrons. The maximum absolute atomic E-state index is 12.5. The molecule has 11 heteroatoms. The quantitative estimate of drug-likeness (QED) is 0.409. The number of hydrogen-bond acceptors (Lipinski definition) is 7. The molecule has 0 unspecified atom stereocenters. The highest BCUT2D eigenvalue weighted by atomic mass is 35.5. The molecule has 0 aliphatic carbocycles. The van der Waals surface area contributed by atoms with E-state index in [9.17, 15) is 24.5 Å². The second kappa shape index (κ2) is 9.06. The Morgan fingerprint density at radius 3 is 2.80 bits per heavy atom. The zero-order valence-corrected chi connectivity index (χ0v) is 17.2. The zero-order valence-electron chi connectivity index (χ0n) is 15.6. The van der Waals surface area contributed by atoms with Crippen LogP contribution in [0.5, 0.6) is 0 Å². The highest BCUT2D eigenvalue weighted by Crippen LogP contribution is 2.33. The van der Waals surface area contributed by atoms with Crippen molar-refractivity contribution in [2.24, 2.45) is 0 Å². The van der Waals surface area contributed by atoms with E-state index in [-0.39, 0.29) is 34.4 Å². The first kappa shape index (κ1) is 21.5. The smallest absolute Gasteiger partial charge is 0.293 e. The van der Waals surface area contributed by atoms with Crippen LogP contribution in [0.4, 0.5) is 10.5 Å². The van der Waals surface area contributed by atoms with Crippen molar-refractivity contribution in [2.75, 3.05) is 13.1 Å². The number of thioether (sulfide) groups is 1. The fourth-order valence-corrected chi connectivity index (χ4v) is 3.70. The van der Waals surface area contributed by atoms with Gasteiger partial charge in [0.15, 0.2) is 0 Å². The van der Waals surface area contributed by atoms with E-state index in [4.69, 9.17) is 11.6 Å². The number of carbonyl (C=O) groups excluding carboxylic acids is 3. The van der Waals surface area contributed by atoms with Gasteiger partial charge in [-0.05, 0) is 48.5 Å². The van der Waals surface area contributed by atoms with Crippen LogP contribution in [-0.4, -0.2) is 45.0 Å². The van der Waals surface area contributed by atoms with Crippen molar-refractivity contribution in [1.29, 1.82) is 0 Å². The topological polar surface area (TPSA) is 123 Å². The Balaban J connectivity index is 1.65. The lowest BCUT2D eigenvalue weighted by atomic mass is 10.2. The highest BCUT2D eigenvalue weighted by Gasteiger charge is 2.34. The number of aryl methyl sites for hydroxylation is 1.